The van der Waals surface area contributed by atoms with Crippen molar-refractivity contribution >= 4 is 0 Å². The molecule has 0 radical (unpaired) electrons. The minimum absolute atomic E-state index is 0.0768. The number of nitrogens with zero attached hydrogens (tertiary/aromatic N) is 3. The summed E-state index contributed by atoms with van der Waals surface area (Å²) >= 11 is 0. The average molecular weight is 245 g/mol. The molecular formula is C14H19N3O. The second-order valence-electron chi connectivity index (χ2n) is 4.65. The first-order valence-electron chi connectivity index (χ1n) is 6.06. The molecule has 0 spiro atoms. The number of hydrogen-bond donors (Lipinski definition) is 0. The van der Waals surface area contributed by atoms with Gasteiger partial charge in [0.15, 0.2) is 5.82 Å². The lowest BCUT2D eigenvalue weighted by Crippen LogP contribution is -2.08. The van der Waals surface area contributed by atoms with Crippen molar-refractivity contribution in [3.8, 4) is 5.69 Å². The Hall–Kier alpha value is -1.68. The third-order valence-corrected chi connectivity index (χ3v) is 2.91. The molecule has 18 heavy (non-hydrogen) atoms. The number of hydrogen-bond acceptors (Lipinski definition) is 3. The van der Waals surface area contributed by atoms with Crippen LogP contribution >= 0.6 is 0 Å². The summed E-state index contributed by atoms with van der Waals surface area (Å²) in [5.41, 5.74) is 3.47. The van der Waals surface area contributed by atoms with Gasteiger partial charge in [0.25, 0.3) is 0 Å². The summed E-state index contributed by atoms with van der Waals surface area (Å²) in [6, 6.07) is 6.35. The SMILES string of the molecule is CO[C@@H](C)c1nc(C)nn1-c1cc(C)cc(C)c1. The number of aryl methyl sites for hydroxylation is 3. The van der Waals surface area contributed by atoms with E-state index in [9.17, 15) is 0 Å². The summed E-state index contributed by atoms with van der Waals surface area (Å²) < 4.78 is 7.21. The van der Waals surface area contributed by atoms with Crippen molar-refractivity contribution in [2.75, 3.05) is 7.11 Å². The van der Waals surface area contributed by atoms with Gasteiger partial charge >= 0.3 is 0 Å². The molecule has 0 aliphatic carbocycles. The molecule has 4 nitrogen and oxygen atoms in total. The maximum absolute atomic E-state index is 5.35. The Labute approximate surface area is 108 Å². The van der Waals surface area contributed by atoms with E-state index in [1.165, 1.54) is 11.1 Å². The lowest BCUT2D eigenvalue weighted by Gasteiger charge is -2.12. The van der Waals surface area contributed by atoms with Crippen molar-refractivity contribution in [1.82, 2.24) is 14.8 Å². The molecule has 2 aromatic rings. The summed E-state index contributed by atoms with van der Waals surface area (Å²) in [5, 5.41) is 4.46. The van der Waals surface area contributed by atoms with Crippen LogP contribution < -0.4 is 0 Å². The molecule has 1 aromatic heterocycles. The van der Waals surface area contributed by atoms with E-state index in [1.807, 2.05) is 18.5 Å². The van der Waals surface area contributed by atoms with Crippen LogP contribution in [0.5, 0.6) is 0 Å². The summed E-state index contributed by atoms with van der Waals surface area (Å²) in [6.45, 7) is 8.03. The first-order chi connectivity index (χ1) is 8.51. The van der Waals surface area contributed by atoms with Gasteiger partial charge in [-0.15, -0.1) is 0 Å². The molecular weight excluding hydrogens is 226 g/mol. The topological polar surface area (TPSA) is 39.9 Å². The van der Waals surface area contributed by atoms with Crippen LogP contribution in [0.2, 0.25) is 0 Å². The highest BCUT2D eigenvalue weighted by Crippen LogP contribution is 2.20. The smallest absolute Gasteiger partial charge is 0.161 e. The van der Waals surface area contributed by atoms with Crippen LogP contribution in [-0.2, 0) is 4.74 Å². The number of methoxy groups -OCH3 is 1. The fraction of sp³-hybridized carbons (Fsp3) is 0.429. The van der Waals surface area contributed by atoms with Gasteiger partial charge in [0.2, 0.25) is 0 Å². The normalized spacial score (nSPS) is 12.7. The number of rotatable bonds is 3. The Balaban J connectivity index is 2.56. The molecule has 0 aliphatic heterocycles. The Morgan fingerprint density at radius 3 is 2.28 bits per heavy atom. The number of benzene rings is 1. The number of ether oxygens (including phenoxy) is 1. The molecule has 1 heterocycles. The molecule has 0 unspecified atom stereocenters. The monoisotopic (exact) mass is 245 g/mol. The lowest BCUT2D eigenvalue weighted by molar-refractivity contribution is 0.110. The minimum atomic E-state index is -0.0768. The first-order valence-corrected chi connectivity index (χ1v) is 6.06. The first kappa shape index (κ1) is 12.8. The zero-order chi connectivity index (χ0) is 13.3. The van der Waals surface area contributed by atoms with Gasteiger partial charge in [-0.1, -0.05) is 6.07 Å². The Morgan fingerprint density at radius 2 is 1.72 bits per heavy atom. The van der Waals surface area contributed by atoms with Crippen molar-refractivity contribution in [1.29, 1.82) is 0 Å². The molecule has 1 atom stereocenters. The Morgan fingerprint density at radius 1 is 1.11 bits per heavy atom. The van der Waals surface area contributed by atoms with Crippen molar-refractivity contribution in [2.24, 2.45) is 0 Å². The second kappa shape index (κ2) is 4.90. The van der Waals surface area contributed by atoms with Crippen LogP contribution in [0.1, 0.15) is 35.8 Å². The molecule has 0 saturated carbocycles. The highest BCUT2D eigenvalue weighted by atomic mass is 16.5. The maximum Gasteiger partial charge on any atom is 0.161 e. The van der Waals surface area contributed by atoms with Gasteiger partial charge in [0.05, 0.1) is 5.69 Å². The van der Waals surface area contributed by atoms with Gasteiger partial charge in [-0.05, 0) is 51.0 Å². The van der Waals surface area contributed by atoms with Crippen molar-refractivity contribution in [3.05, 3.63) is 41.0 Å². The van der Waals surface area contributed by atoms with Crippen LogP contribution in [0.15, 0.2) is 18.2 Å². The van der Waals surface area contributed by atoms with Gasteiger partial charge in [0, 0.05) is 7.11 Å². The summed E-state index contributed by atoms with van der Waals surface area (Å²) in [6.07, 6.45) is -0.0768. The highest BCUT2D eigenvalue weighted by molar-refractivity contribution is 5.39. The largest absolute Gasteiger partial charge is 0.374 e. The zero-order valence-corrected chi connectivity index (χ0v) is 11.6. The summed E-state index contributed by atoms with van der Waals surface area (Å²) in [7, 11) is 1.68. The van der Waals surface area contributed by atoms with E-state index in [2.05, 4.69) is 42.1 Å². The third-order valence-electron chi connectivity index (χ3n) is 2.91. The Bertz CT molecular complexity index is 540. The van der Waals surface area contributed by atoms with E-state index < -0.39 is 0 Å². The quantitative estimate of drug-likeness (QED) is 0.834. The van der Waals surface area contributed by atoms with Gasteiger partial charge in [0.1, 0.15) is 11.9 Å². The lowest BCUT2D eigenvalue weighted by atomic mass is 10.1. The van der Waals surface area contributed by atoms with E-state index in [0.717, 1.165) is 17.3 Å². The minimum Gasteiger partial charge on any atom is -0.374 e. The van der Waals surface area contributed by atoms with Crippen molar-refractivity contribution in [2.45, 2.75) is 33.8 Å². The predicted molar refractivity (Wildman–Crippen MR) is 71.0 cm³/mol. The average Bonchev–Trinajstić information content (AvgIpc) is 2.69. The van der Waals surface area contributed by atoms with E-state index >= 15 is 0 Å². The molecule has 0 fully saturated rings. The van der Waals surface area contributed by atoms with Crippen LogP contribution in [0.4, 0.5) is 0 Å². The van der Waals surface area contributed by atoms with Gasteiger partial charge < -0.3 is 4.74 Å². The van der Waals surface area contributed by atoms with Crippen LogP contribution in [0, 0.1) is 20.8 Å². The van der Waals surface area contributed by atoms with E-state index in [-0.39, 0.29) is 6.10 Å². The third kappa shape index (κ3) is 2.43. The molecule has 2 rings (SSSR count). The second-order valence-corrected chi connectivity index (χ2v) is 4.65. The molecule has 0 aliphatic rings. The standard InChI is InChI=1S/C14H19N3O/c1-9-6-10(2)8-13(7-9)17-14(11(3)18-5)15-12(4)16-17/h6-8,11H,1-5H3/t11-/m0/s1. The van der Waals surface area contributed by atoms with Crippen molar-refractivity contribution < 1.29 is 4.74 Å². The fourth-order valence-corrected chi connectivity index (χ4v) is 2.06. The molecule has 0 saturated heterocycles. The van der Waals surface area contributed by atoms with Crippen LogP contribution in [0.25, 0.3) is 5.69 Å². The predicted octanol–water partition coefficient (Wildman–Crippen LogP) is 2.90. The summed E-state index contributed by atoms with van der Waals surface area (Å²) in [4.78, 5) is 4.44. The maximum atomic E-state index is 5.35. The molecule has 1 aromatic carbocycles. The van der Waals surface area contributed by atoms with Crippen molar-refractivity contribution in [3.63, 3.8) is 0 Å². The van der Waals surface area contributed by atoms with Crippen LogP contribution in [0.3, 0.4) is 0 Å². The molecule has 0 N–H and O–H groups in total. The molecule has 4 heteroatoms. The van der Waals surface area contributed by atoms with Crippen LogP contribution in [-0.4, -0.2) is 21.9 Å². The highest BCUT2D eigenvalue weighted by Gasteiger charge is 2.15. The molecule has 0 amide bonds. The molecule has 96 valence electrons. The van der Waals surface area contributed by atoms with Gasteiger partial charge in [-0.25, -0.2) is 9.67 Å². The number of aromatic nitrogens is 3. The summed E-state index contributed by atoms with van der Waals surface area (Å²) in [5.74, 6) is 1.59. The van der Waals surface area contributed by atoms with E-state index in [0.29, 0.717) is 0 Å². The Kier molecular flexibility index (Phi) is 3.48. The zero-order valence-electron chi connectivity index (χ0n) is 11.6. The van der Waals surface area contributed by atoms with Gasteiger partial charge in [-0.2, -0.15) is 5.10 Å². The van der Waals surface area contributed by atoms with E-state index in [4.69, 9.17) is 4.74 Å². The molecule has 0 bridgehead atoms. The van der Waals surface area contributed by atoms with Gasteiger partial charge in [-0.3, -0.25) is 0 Å². The van der Waals surface area contributed by atoms with E-state index in [1.54, 1.807) is 7.11 Å². The fourth-order valence-electron chi connectivity index (χ4n) is 2.06.